The maximum absolute atomic E-state index is 12.0. The van der Waals surface area contributed by atoms with Crippen LogP contribution in [0.1, 0.15) is 11.1 Å². The van der Waals surface area contributed by atoms with Crippen LogP contribution in [0.15, 0.2) is 59.7 Å². The molecular formula is C18H17ClO3S. The number of hydrogen-bond donors (Lipinski definition) is 0. The summed E-state index contributed by atoms with van der Waals surface area (Å²) in [5.41, 5.74) is 2.35. The number of hydrogen-bond acceptors (Lipinski definition) is 4. The predicted molar refractivity (Wildman–Crippen MR) is 94.5 cm³/mol. The third-order valence-corrected chi connectivity index (χ3v) is 4.52. The van der Waals surface area contributed by atoms with E-state index in [2.05, 4.69) is 0 Å². The van der Waals surface area contributed by atoms with Gasteiger partial charge >= 0.3 is 5.97 Å². The highest BCUT2D eigenvalue weighted by atomic mass is 35.5. The molecule has 0 unspecified atom stereocenters. The molecule has 0 amide bonds. The molecule has 2 aromatic carbocycles. The number of halogens is 1. The van der Waals surface area contributed by atoms with Crippen molar-refractivity contribution >= 4 is 34.9 Å². The highest BCUT2D eigenvalue weighted by Crippen LogP contribution is 2.31. The molecule has 120 valence electrons. The third-order valence-electron chi connectivity index (χ3n) is 3.13. The lowest BCUT2D eigenvalue weighted by molar-refractivity contribution is -0.133. The second-order valence-corrected chi connectivity index (χ2v) is 6.12. The smallest absolute Gasteiger partial charge is 0.341 e. The van der Waals surface area contributed by atoms with Gasteiger partial charge in [0.2, 0.25) is 0 Å². The molecule has 0 aliphatic carbocycles. The molecule has 0 aromatic heterocycles. The van der Waals surface area contributed by atoms with Gasteiger partial charge in [-0.2, -0.15) is 0 Å². The highest BCUT2D eigenvalue weighted by molar-refractivity contribution is 7.98. The van der Waals surface area contributed by atoms with Crippen LogP contribution in [0.3, 0.4) is 0 Å². The van der Waals surface area contributed by atoms with E-state index in [4.69, 9.17) is 21.1 Å². The van der Waals surface area contributed by atoms with E-state index in [0.29, 0.717) is 5.57 Å². The van der Waals surface area contributed by atoms with Crippen LogP contribution in [-0.2, 0) is 20.0 Å². The summed E-state index contributed by atoms with van der Waals surface area (Å²) in [4.78, 5) is 13.0. The lowest BCUT2D eigenvalue weighted by atomic mass is 10.1. The third kappa shape index (κ3) is 4.78. The molecule has 0 fully saturated rings. The summed E-state index contributed by atoms with van der Waals surface area (Å²) < 4.78 is 9.86. The maximum atomic E-state index is 12.0. The van der Waals surface area contributed by atoms with Crippen molar-refractivity contribution in [2.24, 2.45) is 0 Å². The van der Waals surface area contributed by atoms with Crippen LogP contribution in [0.4, 0.5) is 0 Å². The first-order chi connectivity index (χ1) is 11.2. The van der Waals surface area contributed by atoms with Crippen molar-refractivity contribution in [1.29, 1.82) is 0 Å². The molecule has 23 heavy (non-hydrogen) atoms. The molecule has 2 rings (SSSR count). The molecule has 0 heterocycles. The summed E-state index contributed by atoms with van der Waals surface area (Å²) in [5, 5.41) is 0.718. The number of thioether (sulfide) groups is 1. The number of ether oxygens (including phenoxy) is 2. The van der Waals surface area contributed by atoms with Crippen LogP contribution < -0.4 is 0 Å². The zero-order valence-corrected chi connectivity index (χ0v) is 14.5. The first-order valence-electron chi connectivity index (χ1n) is 6.93. The topological polar surface area (TPSA) is 35.5 Å². The number of esters is 1. The zero-order chi connectivity index (χ0) is 16.7. The number of rotatable bonds is 6. The highest BCUT2D eigenvalue weighted by Gasteiger charge is 2.16. The minimum absolute atomic E-state index is 0.397. The Labute approximate surface area is 145 Å². The van der Waals surface area contributed by atoms with Crippen molar-refractivity contribution in [3.05, 3.63) is 70.9 Å². The van der Waals surface area contributed by atoms with E-state index in [1.54, 1.807) is 11.8 Å². The van der Waals surface area contributed by atoms with Gasteiger partial charge in [0.15, 0.2) is 0 Å². The Balaban J connectivity index is 2.24. The number of carbonyl (C=O) groups excluding carboxylic acids is 1. The van der Waals surface area contributed by atoms with E-state index in [9.17, 15) is 4.79 Å². The van der Waals surface area contributed by atoms with Crippen LogP contribution in [-0.4, -0.2) is 20.2 Å². The molecule has 0 bridgehead atoms. The Bertz CT molecular complexity index is 696. The molecule has 0 atom stereocenters. The Morgan fingerprint density at radius 1 is 1.13 bits per heavy atom. The predicted octanol–water partition coefficient (Wildman–Crippen LogP) is 4.79. The van der Waals surface area contributed by atoms with Crippen molar-refractivity contribution in [2.45, 2.75) is 10.6 Å². The monoisotopic (exact) mass is 348 g/mol. The lowest BCUT2D eigenvalue weighted by Crippen LogP contribution is -2.05. The van der Waals surface area contributed by atoms with Gasteiger partial charge in [0.25, 0.3) is 0 Å². The first-order valence-corrected chi connectivity index (χ1v) is 8.30. The van der Waals surface area contributed by atoms with Crippen molar-refractivity contribution < 1.29 is 14.3 Å². The molecule has 0 radical (unpaired) electrons. The van der Waals surface area contributed by atoms with Crippen LogP contribution in [0.5, 0.6) is 0 Å². The lowest BCUT2D eigenvalue weighted by Gasteiger charge is -2.11. The van der Waals surface area contributed by atoms with Crippen LogP contribution in [0.25, 0.3) is 5.57 Å². The van der Waals surface area contributed by atoms with Gasteiger partial charge in [-0.25, -0.2) is 4.79 Å². The first kappa shape index (κ1) is 17.4. The molecule has 3 nitrogen and oxygen atoms in total. The van der Waals surface area contributed by atoms with E-state index >= 15 is 0 Å². The molecular weight excluding hydrogens is 332 g/mol. The fraction of sp³-hybridized carbons (Fsp3) is 0.167. The molecule has 0 spiro atoms. The van der Waals surface area contributed by atoms with Crippen LogP contribution in [0, 0.1) is 0 Å². The maximum Gasteiger partial charge on any atom is 0.341 e. The van der Waals surface area contributed by atoms with Crippen molar-refractivity contribution in [1.82, 2.24) is 0 Å². The summed E-state index contributed by atoms with van der Waals surface area (Å²) in [7, 11) is 2.86. The normalized spacial score (nSPS) is 11.2. The molecule has 0 aliphatic rings. The number of benzene rings is 2. The van der Waals surface area contributed by atoms with Crippen LogP contribution in [0.2, 0.25) is 5.02 Å². The van der Waals surface area contributed by atoms with Crippen molar-refractivity contribution in [2.75, 3.05) is 14.2 Å². The molecule has 0 saturated heterocycles. The Morgan fingerprint density at radius 3 is 2.48 bits per heavy atom. The number of methoxy groups -OCH3 is 2. The molecule has 0 N–H and O–H groups in total. The van der Waals surface area contributed by atoms with Crippen molar-refractivity contribution in [3.8, 4) is 0 Å². The average Bonchev–Trinajstić information content (AvgIpc) is 2.59. The summed E-state index contributed by atoms with van der Waals surface area (Å²) in [6.45, 7) is 0. The summed E-state index contributed by atoms with van der Waals surface area (Å²) in [5.74, 6) is 0.349. The standard InChI is InChI=1S/C18H17ClO3S/c1-21-11-16(18(20)22-2)15-5-3-4-6-17(15)23-12-13-7-9-14(19)10-8-13/h3-11H,12H2,1-2H3/b16-11+. The zero-order valence-electron chi connectivity index (χ0n) is 12.9. The van der Waals surface area contributed by atoms with Gasteiger partial charge in [0, 0.05) is 21.2 Å². The van der Waals surface area contributed by atoms with Crippen LogP contribution >= 0.6 is 23.4 Å². The fourth-order valence-corrected chi connectivity index (χ4v) is 3.15. The van der Waals surface area contributed by atoms with E-state index in [0.717, 1.165) is 26.8 Å². The van der Waals surface area contributed by atoms with Crippen molar-refractivity contribution in [3.63, 3.8) is 0 Å². The Kier molecular flexibility index (Phi) is 6.56. The van der Waals surface area contributed by atoms with Gasteiger partial charge in [-0.05, 0) is 23.8 Å². The molecule has 5 heteroatoms. The van der Waals surface area contributed by atoms with E-state index < -0.39 is 5.97 Å². The van der Waals surface area contributed by atoms with Gasteiger partial charge in [-0.15, -0.1) is 11.8 Å². The van der Waals surface area contributed by atoms with Gasteiger partial charge in [0.1, 0.15) is 5.57 Å². The minimum atomic E-state index is -0.425. The quantitative estimate of drug-likeness (QED) is 0.325. The SMILES string of the molecule is CO/C=C(/C(=O)OC)c1ccccc1SCc1ccc(Cl)cc1. The minimum Gasteiger partial charge on any atom is -0.503 e. The van der Waals surface area contributed by atoms with Gasteiger partial charge in [-0.1, -0.05) is 41.9 Å². The van der Waals surface area contributed by atoms with E-state index in [1.165, 1.54) is 20.5 Å². The molecule has 0 aliphatic heterocycles. The Morgan fingerprint density at radius 2 is 1.83 bits per heavy atom. The number of carbonyl (C=O) groups is 1. The van der Waals surface area contributed by atoms with E-state index in [-0.39, 0.29) is 0 Å². The largest absolute Gasteiger partial charge is 0.503 e. The average molecular weight is 349 g/mol. The molecule has 2 aromatic rings. The fourth-order valence-electron chi connectivity index (χ4n) is 2.01. The second kappa shape index (κ2) is 8.65. The second-order valence-electron chi connectivity index (χ2n) is 4.67. The molecule has 0 saturated carbocycles. The summed E-state index contributed by atoms with van der Waals surface area (Å²) in [6, 6.07) is 15.4. The van der Waals surface area contributed by atoms with Gasteiger partial charge in [0.05, 0.1) is 20.5 Å². The van der Waals surface area contributed by atoms with E-state index in [1.807, 2.05) is 48.5 Å². The van der Waals surface area contributed by atoms with Gasteiger partial charge in [-0.3, -0.25) is 0 Å². The summed E-state index contributed by atoms with van der Waals surface area (Å²) >= 11 is 7.54. The van der Waals surface area contributed by atoms with Gasteiger partial charge < -0.3 is 9.47 Å². The Hall–Kier alpha value is -1.91. The summed E-state index contributed by atoms with van der Waals surface area (Å²) in [6.07, 6.45) is 1.41.